The van der Waals surface area contributed by atoms with Crippen molar-refractivity contribution in [2.45, 2.75) is 19.9 Å². The molecule has 1 atom stereocenters. The van der Waals surface area contributed by atoms with E-state index in [0.717, 1.165) is 0 Å². The SMILES string of the molecule is Cc1nc([C@H]2COCCN2C(=O)c2cncnc2C)cc(=O)[nH]1. The molecule has 0 bridgehead atoms. The van der Waals surface area contributed by atoms with Crippen LogP contribution in [0.25, 0.3) is 0 Å². The van der Waals surface area contributed by atoms with Crippen molar-refractivity contribution in [2.24, 2.45) is 0 Å². The molecule has 0 aromatic carbocycles. The molecule has 0 spiro atoms. The molecule has 1 amide bonds. The standard InChI is InChI=1S/C15H17N5O3/c1-9-11(6-16-8-17-9)15(22)20-3-4-23-7-13(20)12-5-14(21)19-10(2)18-12/h5-6,8,13H,3-4,7H2,1-2H3,(H,18,19,21)/t13-/m1/s1. The highest BCUT2D eigenvalue weighted by Gasteiger charge is 2.31. The van der Waals surface area contributed by atoms with Gasteiger partial charge in [0.1, 0.15) is 12.2 Å². The van der Waals surface area contributed by atoms with Gasteiger partial charge in [0, 0.05) is 18.8 Å². The van der Waals surface area contributed by atoms with Gasteiger partial charge in [-0.05, 0) is 13.8 Å². The number of nitrogens with zero attached hydrogens (tertiary/aromatic N) is 4. The van der Waals surface area contributed by atoms with Crippen molar-refractivity contribution in [1.82, 2.24) is 24.8 Å². The molecule has 0 unspecified atom stereocenters. The van der Waals surface area contributed by atoms with Gasteiger partial charge < -0.3 is 14.6 Å². The average Bonchev–Trinajstić information content (AvgIpc) is 2.54. The molecule has 0 saturated carbocycles. The Morgan fingerprint density at radius 3 is 3.00 bits per heavy atom. The molecule has 8 heteroatoms. The number of H-pyrrole nitrogens is 1. The van der Waals surface area contributed by atoms with Crippen LogP contribution in [0.4, 0.5) is 0 Å². The number of nitrogens with one attached hydrogen (secondary N) is 1. The lowest BCUT2D eigenvalue weighted by Crippen LogP contribution is -2.44. The van der Waals surface area contributed by atoms with Gasteiger partial charge >= 0.3 is 0 Å². The fraction of sp³-hybridized carbons (Fsp3) is 0.400. The van der Waals surface area contributed by atoms with Gasteiger partial charge in [-0.1, -0.05) is 0 Å². The Hall–Kier alpha value is -2.61. The van der Waals surface area contributed by atoms with Gasteiger partial charge in [0.25, 0.3) is 11.5 Å². The number of hydrogen-bond donors (Lipinski definition) is 1. The minimum Gasteiger partial charge on any atom is -0.377 e. The van der Waals surface area contributed by atoms with E-state index in [1.165, 1.54) is 18.6 Å². The van der Waals surface area contributed by atoms with E-state index in [2.05, 4.69) is 19.9 Å². The summed E-state index contributed by atoms with van der Waals surface area (Å²) in [5.74, 6) is 0.320. The number of carbonyl (C=O) groups is 1. The van der Waals surface area contributed by atoms with Crippen molar-refractivity contribution in [3.05, 3.63) is 51.7 Å². The lowest BCUT2D eigenvalue weighted by Gasteiger charge is -2.35. The van der Waals surface area contributed by atoms with Crippen LogP contribution in [0.5, 0.6) is 0 Å². The predicted molar refractivity (Wildman–Crippen MR) is 81.0 cm³/mol. The van der Waals surface area contributed by atoms with Crippen LogP contribution in [-0.2, 0) is 4.74 Å². The fourth-order valence-corrected chi connectivity index (χ4v) is 2.62. The molecule has 1 aliphatic heterocycles. The normalized spacial score (nSPS) is 18.0. The molecule has 23 heavy (non-hydrogen) atoms. The second-order valence-corrected chi connectivity index (χ2v) is 5.37. The van der Waals surface area contributed by atoms with Crippen LogP contribution in [0, 0.1) is 13.8 Å². The van der Waals surface area contributed by atoms with Crippen LogP contribution in [0.15, 0.2) is 23.4 Å². The van der Waals surface area contributed by atoms with Crippen molar-refractivity contribution < 1.29 is 9.53 Å². The van der Waals surface area contributed by atoms with E-state index >= 15 is 0 Å². The van der Waals surface area contributed by atoms with Crippen LogP contribution < -0.4 is 5.56 Å². The minimum absolute atomic E-state index is 0.184. The zero-order chi connectivity index (χ0) is 16.4. The Morgan fingerprint density at radius 2 is 2.26 bits per heavy atom. The number of aryl methyl sites for hydroxylation is 2. The summed E-state index contributed by atoms with van der Waals surface area (Å²) in [4.78, 5) is 41.1. The van der Waals surface area contributed by atoms with E-state index in [-0.39, 0.29) is 11.5 Å². The quantitative estimate of drug-likeness (QED) is 0.860. The Labute approximate surface area is 132 Å². The first kappa shape index (κ1) is 15.3. The van der Waals surface area contributed by atoms with Gasteiger partial charge in [-0.2, -0.15) is 0 Å². The molecule has 2 aromatic heterocycles. The number of hydrogen-bond acceptors (Lipinski definition) is 6. The molecule has 8 nitrogen and oxygen atoms in total. The zero-order valence-corrected chi connectivity index (χ0v) is 12.9. The van der Waals surface area contributed by atoms with Crippen LogP contribution in [0.1, 0.15) is 33.6 Å². The van der Waals surface area contributed by atoms with Crippen molar-refractivity contribution in [2.75, 3.05) is 19.8 Å². The first-order valence-electron chi connectivity index (χ1n) is 7.29. The number of aromatic nitrogens is 4. The second kappa shape index (κ2) is 6.25. The van der Waals surface area contributed by atoms with Crippen LogP contribution in [0.2, 0.25) is 0 Å². The molecule has 1 aliphatic rings. The van der Waals surface area contributed by atoms with Crippen LogP contribution >= 0.6 is 0 Å². The lowest BCUT2D eigenvalue weighted by atomic mass is 10.1. The average molecular weight is 315 g/mol. The summed E-state index contributed by atoms with van der Waals surface area (Å²) in [5, 5.41) is 0. The maximum atomic E-state index is 12.9. The van der Waals surface area contributed by atoms with Crippen molar-refractivity contribution in [1.29, 1.82) is 0 Å². The summed E-state index contributed by atoms with van der Waals surface area (Å²) in [5.41, 5.74) is 1.34. The number of carbonyl (C=O) groups excluding carboxylic acids is 1. The molecule has 3 rings (SSSR count). The highest BCUT2D eigenvalue weighted by atomic mass is 16.5. The third kappa shape index (κ3) is 3.11. The van der Waals surface area contributed by atoms with E-state index in [9.17, 15) is 9.59 Å². The number of ether oxygens (including phenoxy) is 1. The summed E-state index contributed by atoms with van der Waals surface area (Å²) in [7, 11) is 0. The van der Waals surface area contributed by atoms with Gasteiger partial charge in [0.15, 0.2) is 0 Å². The maximum Gasteiger partial charge on any atom is 0.257 e. The molecule has 120 valence electrons. The molecule has 1 N–H and O–H groups in total. The smallest absolute Gasteiger partial charge is 0.257 e. The van der Waals surface area contributed by atoms with Crippen molar-refractivity contribution in [3.63, 3.8) is 0 Å². The second-order valence-electron chi connectivity index (χ2n) is 5.37. The number of morpholine rings is 1. The molecular formula is C15H17N5O3. The summed E-state index contributed by atoms with van der Waals surface area (Å²) in [6.07, 6.45) is 2.91. The molecule has 0 aliphatic carbocycles. The highest BCUT2D eigenvalue weighted by molar-refractivity contribution is 5.95. The van der Waals surface area contributed by atoms with Gasteiger partial charge in [-0.25, -0.2) is 15.0 Å². The number of rotatable bonds is 2. The minimum atomic E-state index is -0.406. The van der Waals surface area contributed by atoms with E-state index in [0.29, 0.717) is 42.5 Å². The molecule has 1 saturated heterocycles. The van der Waals surface area contributed by atoms with Gasteiger partial charge in [0.2, 0.25) is 0 Å². The van der Waals surface area contributed by atoms with E-state index in [1.54, 1.807) is 18.7 Å². The molecule has 0 radical (unpaired) electrons. The summed E-state index contributed by atoms with van der Waals surface area (Å²) in [6.45, 7) is 4.63. The topological polar surface area (TPSA) is 101 Å². The number of aromatic amines is 1. The Bertz CT molecular complexity index is 789. The summed E-state index contributed by atoms with van der Waals surface area (Å²) >= 11 is 0. The maximum absolute atomic E-state index is 12.9. The fourth-order valence-electron chi connectivity index (χ4n) is 2.62. The van der Waals surface area contributed by atoms with E-state index < -0.39 is 6.04 Å². The van der Waals surface area contributed by atoms with Crippen molar-refractivity contribution in [3.8, 4) is 0 Å². The largest absolute Gasteiger partial charge is 0.377 e. The molecule has 1 fully saturated rings. The first-order chi connectivity index (χ1) is 11.1. The van der Waals surface area contributed by atoms with Crippen LogP contribution in [0.3, 0.4) is 0 Å². The monoisotopic (exact) mass is 315 g/mol. The van der Waals surface area contributed by atoms with E-state index in [1.807, 2.05) is 0 Å². The van der Waals surface area contributed by atoms with Crippen LogP contribution in [-0.4, -0.2) is 50.5 Å². The van der Waals surface area contributed by atoms with Gasteiger partial charge in [-0.3, -0.25) is 9.59 Å². The lowest BCUT2D eigenvalue weighted by molar-refractivity contribution is -0.00410. The highest BCUT2D eigenvalue weighted by Crippen LogP contribution is 2.24. The Kier molecular flexibility index (Phi) is 4.16. The summed E-state index contributed by atoms with van der Waals surface area (Å²) < 4.78 is 5.49. The number of amides is 1. The van der Waals surface area contributed by atoms with E-state index in [4.69, 9.17) is 4.74 Å². The third-order valence-corrected chi connectivity index (χ3v) is 3.75. The Balaban J connectivity index is 1.97. The third-order valence-electron chi connectivity index (χ3n) is 3.75. The summed E-state index contributed by atoms with van der Waals surface area (Å²) in [6, 6.07) is 0.998. The van der Waals surface area contributed by atoms with Gasteiger partial charge in [-0.15, -0.1) is 0 Å². The van der Waals surface area contributed by atoms with Crippen molar-refractivity contribution >= 4 is 5.91 Å². The molecule has 3 heterocycles. The Morgan fingerprint density at radius 1 is 1.43 bits per heavy atom. The zero-order valence-electron chi connectivity index (χ0n) is 12.9. The molecule has 2 aromatic rings. The predicted octanol–water partition coefficient (Wildman–Crippen LogP) is 0.390. The first-order valence-corrected chi connectivity index (χ1v) is 7.29. The molecular weight excluding hydrogens is 298 g/mol. The van der Waals surface area contributed by atoms with Gasteiger partial charge in [0.05, 0.1) is 36.2 Å².